The molecule has 0 aliphatic carbocycles. The lowest BCUT2D eigenvalue weighted by Crippen LogP contribution is -2.16. The second-order valence-corrected chi connectivity index (χ2v) is 4.10. The Morgan fingerprint density at radius 1 is 1.56 bits per heavy atom. The molecule has 1 heterocycles. The summed E-state index contributed by atoms with van der Waals surface area (Å²) in [6, 6.07) is 4.21. The number of nitro groups is 1. The van der Waals surface area contributed by atoms with Gasteiger partial charge in [0.05, 0.1) is 23.7 Å². The second kappa shape index (κ2) is 5.14. The molecular formula is C12H13NO5. The number of nitrogens with zero attached hydrogens (tertiary/aromatic N) is 1. The number of Topliss-reactive ketones (excluding diaryl/α,β-unsaturated/α-hetero) is 1. The smallest absolute Gasteiger partial charge is 0.280 e. The topological polar surface area (TPSA) is 78.7 Å². The normalized spacial score (nSPS) is 18.6. The van der Waals surface area contributed by atoms with E-state index in [2.05, 4.69) is 0 Å². The van der Waals surface area contributed by atoms with Gasteiger partial charge < -0.3 is 9.47 Å². The molecular weight excluding hydrogens is 238 g/mol. The average molecular weight is 251 g/mol. The van der Waals surface area contributed by atoms with Crippen LogP contribution in [0.1, 0.15) is 23.7 Å². The van der Waals surface area contributed by atoms with E-state index in [0.29, 0.717) is 19.0 Å². The summed E-state index contributed by atoms with van der Waals surface area (Å²) < 4.78 is 10.8. The minimum absolute atomic E-state index is 0.0498. The molecule has 2 rings (SSSR count). The maximum absolute atomic E-state index is 11.4. The van der Waals surface area contributed by atoms with Gasteiger partial charge in [-0.3, -0.25) is 14.9 Å². The van der Waals surface area contributed by atoms with E-state index in [0.717, 1.165) is 6.42 Å². The number of rotatable bonds is 4. The lowest BCUT2D eigenvalue weighted by molar-refractivity contribution is -0.385. The Morgan fingerprint density at radius 3 is 2.89 bits per heavy atom. The zero-order valence-corrected chi connectivity index (χ0v) is 9.92. The fourth-order valence-electron chi connectivity index (χ4n) is 1.83. The summed E-state index contributed by atoms with van der Waals surface area (Å²) in [5.74, 6) is 0.108. The van der Waals surface area contributed by atoms with E-state index < -0.39 is 4.92 Å². The molecule has 1 aromatic rings. The van der Waals surface area contributed by atoms with Crippen LogP contribution in [-0.2, 0) is 4.74 Å². The van der Waals surface area contributed by atoms with Crippen LogP contribution in [0, 0.1) is 10.1 Å². The highest BCUT2D eigenvalue weighted by atomic mass is 16.6. The molecule has 1 aliphatic heterocycles. The fraction of sp³-hybridized carbons (Fsp3) is 0.417. The lowest BCUT2D eigenvalue weighted by atomic mass is 10.1. The SMILES string of the molecule is CC(=O)c1cc(OC2CCOC2)ccc1[N+](=O)[O-]. The van der Waals surface area contributed by atoms with Crippen LogP contribution >= 0.6 is 0 Å². The van der Waals surface area contributed by atoms with Crippen LogP contribution in [0.25, 0.3) is 0 Å². The van der Waals surface area contributed by atoms with Crippen molar-refractivity contribution in [3.05, 3.63) is 33.9 Å². The van der Waals surface area contributed by atoms with E-state index in [1.165, 1.54) is 25.1 Å². The summed E-state index contributed by atoms with van der Waals surface area (Å²) in [6.45, 7) is 2.45. The number of hydrogen-bond acceptors (Lipinski definition) is 5. The molecule has 1 atom stereocenters. The largest absolute Gasteiger partial charge is 0.488 e. The van der Waals surface area contributed by atoms with Gasteiger partial charge in [0, 0.05) is 12.5 Å². The van der Waals surface area contributed by atoms with E-state index >= 15 is 0 Å². The molecule has 0 radical (unpaired) electrons. The molecule has 1 aromatic carbocycles. The van der Waals surface area contributed by atoms with Crippen LogP contribution < -0.4 is 4.74 Å². The van der Waals surface area contributed by atoms with Crippen molar-refractivity contribution in [3.63, 3.8) is 0 Å². The highest BCUT2D eigenvalue weighted by Crippen LogP contribution is 2.26. The van der Waals surface area contributed by atoms with Crippen LogP contribution in [0.15, 0.2) is 18.2 Å². The van der Waals surface area contributed by atoms with Gasteiger partial charge in [0.1, 0.15) is 11.9 Å². The molecule has 6 heteroatoms. The fourth-order valence-corrected chi connectivity index (χ4v) is 1.83. The molecule has 96 valence electrons. The van der Waals surface area contributed by atoms with Crippen molar-refractivity contribution in [2.45, 2.75) is 19.4 Å². The summed E-state index contributed by atoms with van der Waals surface area (Å²) in [5.41, 5.74) is -0.131. The van der Waals surface area contributed by atoms with Crippen molar-refractivity contribution in [1.82, 2.24) is 0 Å². The summed E-state index contributed by atoms with van der Waals surface area (Å²) in [5, 5.41) is 10.8. The van der Waals surface area contributed by atoms with Crippen LogP contribution in [0.3, 0.4) is 0 Å². The summed E-state index contributed by atoms with van der Waals surface area (Å²) >= 11 is 0. The molecule has 18 heavy (non-hydrogen) atoms. The quantitative estimate of drug-likeness (QED) is 0.464. The van der Waals surface area contributed by atoms with E-state index in [9.17, 15) is 14.9 Å². The molecule has 0 saturated carbocycles. The molecule has 1 fully saturated rings. The zero-order valence-electron chi connectivity index (χ0n) is 9.92. The first-order valence-corrected chi connectivity index (χ1v) is 5.61. The molecule has 1 saturated heterocycles. The number of ether oxygens (including phenoxy) is 2. The highest BCUT2D eigenvalue weighted by molar-refractivity contribution is 5.98. The Bertz CT molecular complexity index is 479. The summed E-state index contributed by atoms with van der Waals surface area (Å²) in [7, 11) is 0. The van der Waals surface area contributed by atoms with Crippen molar-refractivity contribution >= 4 is 11.5 Å². The molecule has 0 N–H and O–H groups in total. The Morgan fingerprint density at radius 2 is 2.33 bits per heavy atom. The number of nitro benzene ring substituents is 1. The van der Waals surface area contributed by atoms with E-state index in [-0.39, 0.29) is 23.1 Å². The number of carbonyl (C=O) groups excluding carboxylic acids is 1. The standard InChI is InChI=1S/C12H13NO5/c1-8(14)11-6-9(2-3-12(11)13(15)16)18-10-4-5-17-7-10/h2-3,6,10H,4-5,7H2,1H3. The van der Waals surface area contributed by atoms with Gasteiger partial charge in [-0.15, -0.1) is 0 Å². The lowest BCUT2D eigenvalue weighted by Gasteiger charge is -2.12. The number of benzene rings is 1. The minimum atomic E-state index is -0.570. The molecule has 0 aromatic heterocycles. The number of carbonyl (C=O) groups is 1. The number of hydrogen-bond donors (Lipinski definition) is 0. The first-order valence-electron chi connectivity index (χ1n) is 5.61. The van der Waals surface area contributed by atoms with Crippen molar-refractivity contribution < 1.29 is 19.2 Å². The van der Waals surface area contributed by atoms with Gasteiger partial charge in [0.2, 0.25) is 0 Å². The zero-order chi connectivity index (χ0) is 13.1. The van der Waals surface area contributed by atoms with Gasteiger partial charge in [0.15, 0.2) is 5.78 Å². The Hall–Kier alpha value is -1.95. The maximum Gasteiger partial charge on any atom is 0.280 e. The molecule has 0 spiro atoms. The Kier molecular flexibility index (Phi) is 3.57. The first-order chi connectivity index (χ1) is 8.58. The van der Waals surface area contributed by atoms with E-state index in [4.69, 9.17) is 9.47 Å². The third-order valence-electron chi connectivity index (χ3n) is 2.73. The van der Waals surface area contributed by atoms with Crippen molar-refractivity contribution in [3.8, 4) is 5.75 Å². The second-order valence-electron chi connectivity index (χ2n) is 4.10. The van der Waals surface area contributed by atoms with Gasteiger partial charge >= 0.3 is 0 Å². The van der Waals surface area contributed by atoms with Gasteiger partial charge in [0.25, 0.3) is 5.69 Å². The number of ketones is 1. The average Bonchev–Trinajstić information content (AvgIpc) is 2.81. The van der Waals surface area contributed by atoms with Crippen LogP contribution in [-0.4, -0.2) is 30.0 Å². The van der Waals surface area contributed by atoms with E-state index in [1.807, 2.05) is 0 Å². The van der Waals surface area contributed by atoms with Gasteiger partial charge in [-0.05, 0) is 19.1 Å². The minimum Gasteiger partial charge on any atom is -0.488 e. The maximum atomic E-state index is 11.4. The first kappa shape index (κ1) is 12.5. The van der Waals surface area contributed by atoms with Crippen LogP contribution in [0.5, 0.6) is 5.75 Å². The molecule has 1 aliphatic rings. The van der Waals surface area contributed by atoms with Crippen LogP contribution in [0.4, 0.5) is 5.69 Å². The Balaban J connectivity index is 2.24. The summed E-state index contributed by atoms with van der Waals surface area (Å²) in [4.78, 5) is 21.6. The molecule has 0 amide bonds. The summed E-state index contributed by atoms with van der Waals surface area (Å²) in [6.07, 6.45) is 0.734. The highest BCUT2D eigenvalue weighted by Gasteiger charge is 2.21. The predicted octanol–water partition coefficient (Wildman–Crippen LogP) is 1.97. The van der Waals surface area contributed by atoms with E-state index in [1.54, 1.807) is 0 Å². The van der Waals surface area contributed by atoms with Gasteiger partial charge in [-0.1, -0.05) is 0 Å². The van der Waals surface area contributed by atoms with Crippen LogP contribution in [0.2, 0.25) is 0 Å². The van der Waals surface area contributed by atoms with Gasteiger partial charge in [-0.25, -0.2) is 0 Å². The molecule has 1 unspecified atom stereocenters. The molecule has 0 bridgehead atoms. The molecule has 6 nitrogen and oxygen atoms in total. The Labute approximate surface area is 104 Å². The van der Waals surface area contributed by atoms with Crippen molar-refractivity contribution in [2.75, 3.05) is 13.2 Å². The third kappa shape index (κ3) is 2.65. The predicted molar refractivity (Wildman–Crippen MR) is 63.0 cm³/mol. The monoisotopic (exact) mass is 251 g/mol. The van der Waals surface area contributed by atoms with Crippen molar-refractivity contribution in [2.24, 2.45) is 0 Å². The van der Waals surface area contributed by atoms with Gasteiger partial charge in [-0.2, -0.15) is 0 Å². The van der Waals surface area contributed by atoms with Crippen molar-refractivity contribution in [1.29, 1.82) is 0 Å². The third-order valence-corrected chi connectivity index (χ3v) is 2.73.